The van der Waals surface area contributed by atoms with Crippen molar-refractivity contribution < 1.29 is 24.2 Å². The van der Waals surface area contributed by atoms with Gasteiger partial charge in [-0.1, -0.05) is 48.5 Å². The minimum atomic E-state index is -1.23. The van der Waals surface area contributed by atoms with Gasteiger partial charge in [-0.2, -0.15) is 9.78 Å². The van der Waals surface area contributed by atoms with E-state index < -0.39 is 24.1 Å². The zero-order valence-electron chi connectivity index (χ0n) is 19.6. The summed E-state index contributed by atoms with van der Waals surface area (Å²) in [6.07, 6.45) is -0.557. The molecule has 1 atom stereocenters. The van der Waals surface area contributed by atoms with Crippen LogP contribution in [0.25, 0.3) is 22.2 Å². The lowest BCUT2D eigenvalue weighted by Gasteiger charge is -2.24. The lowest BCUT2D eigenvalue weighted by atomic mass is 9.98. The van der Waals surface area contributed by atoms with Crippen molar-refractivity contribution in [1.29, 1.82) is 0 Å². The molecule has 1 aliphatic carbocycles. The summed E-state index contributed by atoms with van der Waals surface area (Å²) in [4.78, 5) is 42.2. The zero-order valence-corrected chi connectivity index (χ0v) is 19.6. The predicted molar refractivity (Wildman–Crippen MR) is 132 cm³/mol. The summed E-state index contributed by atoms with van der Waals surface area (Å²) < 4.78 is 6.42. The van der Waals surface area contributed by atoms with Crippen molar-refractivity contribution in [2.45, 2.75) is 18.9 Å². The molecule has 1 aliphatic rings. The van der Waals surface area contributed by atoms with Gasteiger partial charge in [-0.05, 0) is 41.3 Å². The minimum absolute atomic E-state index is 0.0819. The molecule has 2 amide bonds. The lowest BCUT2D eigenvalue weighted by molar-refractivity contribution is -0.120. The van der Waals surface area contributed by atoms with Gasteiger partial charge in [0.15, 0.2) is 0 Å². The van der Waals surface area contributed by atoms with Crippen LogP contribution < -0.4 is 5.32 Å². The van der Waals surface area contributed by atoms with E-state index >= 15 is 0 Å². The molecule has 182 valence electrons. The Labute approximate surface area is 206 Å². The van der Waals surface area contributed by atoms with Gasteiger partial charge in [-0.15, -0.1) is 0 Å². The maximum atomic E-state index is 12.8. The molecule has 0 aliphatic heterocycles. The molecule has 0 saturated heterocycles. The highest BCUT2D eigenvalue weighted by Crippen LogP contribution is 2.44. The topological polar surface area (TPSA) is 127 Å². The molecule has 5 rings (SSSR count). The van der Waals surface area contributed by atoms with Crippen LogP contribution in [0.15, 0.2) is 66.9 Å². The van der Waals surface area contributed by atoms with E-state index in [2.05, 4.69) is 27.5 Å². The molecule has 36 heavy (non-hydrogen) atoms. The van der Waals surface area contributed by atoms with Crippen molar-refractivity contribution in [3.05, 3.63) is 78.0 Å². The van der Waals surface area contributed by atoms with Gasteiger partial charge in [0, 0.05) is 13.0 Å². The average Bonchev–Trinajstić information content (AvgIpc) is 3.45. The maximum Gasteiger partial charge on any atom is 0.432 e. The van der Waals surface area contributed by atoms with Gasteiger partial charge in [0.2, 0.25) is 5.91 Å². The number of carboxylic acid groups (broad SMARTS) is 1. The quantitative estimate of drug-likeness (QED) is 0.434. The fraction of sp³-hybridized carbons (Fsp3) is 0.192. The lowest BCUT2D eigenvalue weighted by Crippen LogP contribution is -2.43. The van der Waals surface area contributed by atoms with Gasteiger partial charge in [0.25, 0.3) is 0 Å². The van der Waals surface area contributed by atoms with Crippen LogP contribution in [0.5, 0.6) is 0 Å². The van der Waals surface area contributed by atoms with E-state index in [1.165, 1.54) is 30.3 Å². The van der Waals surface area contributed by atoms with Gasteiger partial charge in [-0.3, -0.25) is 9.69 Å². The number of carbonyl (C=O) groups excluding carboxylic acids is 2. The number of rotatable bonds is 5. The standard InChI is InChI=1S/C26H23N5O5/c1-15(24(32)29-23-12-11-22-21(28-23)13-27-31(22)25(33)34)30(2)26(35)36-14-20-18-9-5-3-7-16(18)17-8-4-6-10-19(17)20/h3-13,15,20H,14H2,1-2H3,(H,33,34)(H,28,29,32). The summed E-state index contributed by atoms with van der Waals surface area (Å²) in [7, 11) is 1.50. The summed E-state index contributed by atoms with van der Waals surface area (Å²) >= 11 is 0. The van der Waals surface area contributed by atoms with Crippen LogP contribution in [0.2, 0.25) is 0 Å². The van der Waals surface area contributed by atoms with E-state index in [4.69, 9.17) is 9.84 Å². The van der Waals surface area contributed by atoms with Crippen molar-refractivity contribution in [3.8, 4) is 11.1 Å². The van der Waals surface area contributed by atoms with Crippen LogP contribution in [0.1, 0.15) is 24.0 Å². The summed E-state index contributed by atoms with van der Waals surface area (Å²) in [5.41, 5.74) is 5.08. The summed E-state index contributed by atoms with van der Waals surface area (Å²) in [5, 5.41) is 15.5. The fourth-order valence-corrected chi connectivity index (χ4v) is 4.40. The number of amides is 2. The highest BCUT2D eigenvalue weighted by atomic mass is 16.6. The van der Waals surface area contributed by atoms with Crippen LogP contribution >= 0.6 is 0 Å². The Bertz CT molecular complexity index is 1450. The first kappa shape index (κ1) is 23.0. The van der Waals surface area contributed by atoms with E-state index in [9.17, 15) is 14.4 Å². The summed E-state index contributed by atoms with van der Waals surface area (Å²) in [6, 6.07) is 18.2. The number of pyridine rings is 1. The van der Waals surface area contributed by atoms with E-state index in [0.29, 0.717) is 11.0 Å². The first-order valence-electron chi connectivity index (χ1n) is 11.3. The molecule has 10 nitrogen and oxygen atoms in total. The van der Waals surface area contributed by atoms with E-state index in [-0.39, 0.29) is 18.3 Å². The molecule has 0 saturated carbocycles. The number of hydrogen-bond acceptors (Lipinski definition) is 6. The van der Waals surface area contributed by atoms with Crippen molar-refractivity contribution in [2.75, 3.05) is 19.0 Å². The number of likely N-dealkylation sites (N-methyl/N-ethyl adjacent to an activating group) is 1. The Morgan fingerprint density at radius 1 is 1.06 bits per heavy atom. The van der Waals surface area contributed by atoms with Crippen LogP contribution in [0.3, 0.4) is 0 Å². The Kier molecular flexibility index (Phi) is 5.85. The molecule has 0 radical (unpaired) electrons. The molecule has 1 unspecified atom stereocenters. The third-order valence-electron chi connectivity index (χ3n) is 6.44. The molecule has 4 aromatic rings. The molecule has 10 heteroatoms. The molecule has 2 aromatic carbocycles. The number of benzene rings is 2. The van der Waals surface area contributed by atoms with Gasteiger partial charge in [0.1, 0.15) is 24.0 Å². The Morgan fingerprint density at radius 2 is 1.69 bits per heavy atom. The molecule has 0 bridgehead atoms. The molecule has 2 aromatic heterocycles. The van der Waals surface area contributed by atoms with Gasteiger partial charge < -0.3 is 15.2 Å². The van der Waals surface area contributed by atoms with Gasteiger partial charge in [0.05, 0.1) is 11.7 Å². The highest BCUT2D eigenvalue weighted by molar-refractivity contribution is 5.96. The third-order valence-corrected chi connectivity index (χ3v) is 6.44. The van der Waals surface area contributed by atoms with Crippen molar-refractivity contribution in [2.24, 2.45) is 0 Å². The van der Waals surface area contributed by atoms with Gasteiger partial charge >= 0.3 is 12.2 Å². The second kappa shape index (κ2) is 9.14. The SMILES string of the molecule is CC(C(=O)Nc1ccc2c(cnn2C(=O)O)n1)N(C)C(=O)OCC1c2ccccc2-c2ccccc21. The number of aromatic nitrogens is 3. The second-order valence-electron chi connectivity index (χ2n) is 8.52. The summed E-state index contributed by atoms with van der Waals surface area (Å²) in [5.74, 6) is -0.338. The van der Waals surface area contributed by atoms with Crippen LogP contribution in [-0.4, -0.2) is 62.6 Å². The highest BCUT2D eigenvalue weighted by Gasteiger charge is 2.30. The van der Waals surface area contributed by atoms with Gasteiger partial charge in [-0.25, -0.2) is 14.6 Å². The van der Waals surface area contributed by atoms with Crippen LogP contribution in [0, 0.1) is 0 Å². The zero-order chi connectivity index (χ0) is 25.4. The number of fused-ring (bicyclic) bond motifs is 4. The Balaban J connectivity index is 1.23. The van der Waals surface area contributed by atoms with Crippen LogP contribution in [0.4, 0.5) is 15.4 Å². The van der Waals surface area contributed by atoms with E-state index in [1.54, 1.807) is 6.92 Å². The normalized spacial score (nSPS) is 13.1. The molecule has 0 fully saturated rings. The second-order valence-corrected chi connectivity index (χ2v) is 8.52. The minimum Gasteiger partial charge on any atom is -0.463 e. The first-order chi connectivity index (χ1) is 17.3. The number of carbonyl (C=O) groups is 3. The van der Waals surface area contributed by atoms with Crippen LogP contribution in [-0.2, 0) is 9.53 Å². The Hall–Kier alpha value is -4.73. The van der Waals surface area contributed by atoms with Crippen molar-refractivity contribution >= 4 is 34.9 Å². The van der Waals surface area contributed by atoms with E-state index in [0.717, 1.165) is 26.9 Å². The molecular weight excluding hydrogens is 462 g/mol. The molecule has 2 N–H and O–H groups in total. The monoisotopic (exact) mass is 485 g/mol. The first-order valence-corrected chi connectivity index (χ1v) is 11.3. The van der Waals surface area contributed by atoms with E-state index in [1.807, 2.05) is 36.4 Å². The Morgan fingerprint density at radius 3 is 2.33 bits per heavy atom. The largest absolute Gasteiger partial charge is 0.463 e. The molecule has 0 spiro atoms. The van der Waals surface area contributed by atoms with Crippen molar-refractivity contribution in [3.63, 3.8) is 0 Å². The molecule has 2 heterocycles. The number of hydrogen-bond donors (Lipinski definition) is 2. The number of nitrogens with zero attached hydrogens (tertiary/aromatic N) is 4. The van der Waals surface area contributed by atoms with Crippen molar-refractivity contribution in [1.82, 2.24) is 19.7 Å². The maximum absolute atomic E-state index is 12.8. The predicted octanol–water partition coefficient (Wildman–Crippen LogP) is 4.17. The average molecular weight is 486 g/mol. The summed E-state index contributed by atoms with van der Waals surface area (Å²) in [6.45, 7) is 1.73. The molecular formula is C26H23N5O5. The number of nitrogens with one attached hydrogen (secondary N) is 1. The smallest absolute Gasteiger partial charge is 0.432 e. The number of anilines is 1. The fourth-order valence-electron chi connectivity index (χ4n) is 4.40. The third kappa shape index (κ3) is 4.02. The number of ether oxygens (including phenoxy) is 1.